The summed E-state index contributed by atoms with van der Waals surface area (Å²) in [5, 5.41) is 0. The molecule has 1 aromatic rings. The number of benzene rings is 1. The molecule has 1 unspecified atom stereocenters. The average Bonchev–Trinajstić information content (AvgIpc) is 2.42. The smallest absolute Gasteiger partial charge is 0.257 e. The molecule has 1 fully saturated rings. The first-order chi connectivity index (χ1) is 9.13. The Balaban J connectivity index is 2.23. The molecule has 1 atom stereocenters. The highest BCUT2D eigenvalue weighted by atomic mass is 79.9. The highest BCUT2D eigenvalue weighted by Crippen LogP contribution is 2.24. The number of likely N-dealkylation sites (tertiary alicyclic amines) is 1. The molecule has 1 aliphatic rings. The quantitative estimate of drug-likeness (QED) is 0.749. The van der Waals surface area contributed by atoms with Crippen molar-refractivity contribution in [1.82, 2.24) is 4.90 Å². The van der Waals surface area contributed by atoms with E-state index in [9.17, 15) is 9.18 Å². The van der Waals surface area contributed by atoms with Crippen molar-refractivity contribution < 1.29 is 9.18 Å². The highest BCUT2D eigenvalue weighted by Gasteiger charge is 2.28. The molecular weight excluding hydrogens is 333 g/mol. The number of carbonyl (C=O) groups excluding carboxylic acids is 1. The molecule has 1 aliphatic heterocycles. The molecule has 0 spiro atoms. The van der Waals surface area contributed by atoms with Crippen molar-refractivity contribution in [1.29, 1.82) is 0 Å². The number of piperidine rings is 1. The van der Waals surface area contributed by atoms with E-state index in [1.807, 2.05) is 0 Å². The van der Waals surface area contributed by atoms with E-state index in [0.29, 0.717) is 16.9 Å². The van der Waals surface area contributed by atoms with Gasteiger partial charge in [0.15, 0.2) is 0 Å². The van der Waals surface area contributed by atoms with Gasteiger partial charge in [-0.05, 0) is 43.9 Å². The summed E-state index contributed by atoms with van der Waals surface area (Å²) in [5.74, 6) is -0.174. The zero-order chi connectivity index (χ0) is 13.8. The third-order valence-corrected chi connectivity index (χ3v) is 4.20. The van der Waals surface area contributed by atoms with Crippen LogP contribution in [0.25, 0.3) is 0 Å². The van der Waals surface area contributed by atoms with Gasteiger partial charge >= 0.3 is 0 Å². The lowest BCUT2D eigenvalue weighted by molar-refractivity contribution is 0.0604. The first-order valence-corrected chi connectivity index (χ1v) is 7.78. The molecule has 0 bridgehead atoms. The molecule has 1 saturated heterocycles. The summed E-state index contributed by atoms with van der Waals surface area (Å²) in [4.78, 5) is 14.3. The minimum absolute atomic E-state index is 0.135. The average molecular weight is 349 g/mol. The van der Waals surface area contributed by atoms with E-state index in [4.69, 9.17) is 11.6 Å². The first kappa shape index (κ1) is 14.8. The molecule has 1 amide bonds. The van der Waals surface area contributed by atoms with Crippen molar-refractivity contribution in [2.45, 2.75) is 31.7 Å². The molecule has 19 heavy (non-hydrogen) atoms. The van der Waals surface area contributed by atoms with Gasteiger partial charge in [0.1, 0.15) is 5.82 Å². The highest BCUT2D eigenvalue weighted by molar-refractivity contribution is 9.10. The van der Waals surface area contributed by atoms with E-state index in [2.05, 4.69) is 15.9 Å². The van der Waals surface area contributed by atoms with Crippen molar-refractivity contribution in [2.75, 3.05) is 12.4 Å². The largest absolute Gasteiger partial charge is 0.336 e. The van der Waals surface area contributed by atoms with E-state index in [1.54, 1.807) is 17.0 Å². The predicted molar refractivity (Wildman–Crippen MR) is 78.1 cm³/mol. The number of carbonyl (C=O) groups is 1. The van der Waals surface area contributed by atoms with Gasteiger partial charge in [-0.1, -0.05) is 15.9 Å². The molecule has 0 saturated carbocycles. The van der Waals surface area contributed by atoms with Crippen molar-refractivity contribution >= 4 is 33.4 Å². The molecule has 0 radical (unpaired) electrons. The Labute approximate surface area is 126 Å². The topological polar surface area (TPSA) is 20.3 Å². The molecule has 2 nitrogen and oxygen atoms in total. The summed E-state index contributed by atoms with van der Waals surface area (Å²) in [5.41, 5.74) is 0.135. The van der Waals surface area contributed by atoms with Crippen LogP contribution in [0.4, 0.5) is 4.39 Å². The van der Waals surface area contributed by atoms with Crippen LogP contribution in [-0.4, -0.2) is 29.3 Å². The Morgan fingerprint density at radius 3 is 3.00 bits per heavy atom. The number of hydrogen-bond acceptors (Lipinski definition) is 1. The van der Waals surface area contributed by atoms with Crippen LogP contribution in [0.3, 0.4) is 0 Å². The number of halogens is 3. The Morgan fingerprint density at radius 2 is 2.26 bits per heavy atom. The second-order valence-corrected chi connectivity index (χ2v) is 6.04. The van der Waals surface area contributed by atoms with E-state index in [1.165, 1.54) is 6.07 Å². The van der Waals surface area contributed by atoms with Crippen LogP contribution in [0.15, 0.2) is 22.7 Å². The van der Waals surface area contributed by atoms with Gasteiger partial charge in [0.25, 0.3) is 5.91 Å². The fraction of sp³-hybridized carbons (Fsp3) is 0.500. The molecule has 2 rings (SSSR count). The lowest BCUT2D eigenvalue weighted by Gasteiger charge is -2.35. The Kier molecular flexibility index (Phi) is 5.22. The van der Waals surface area contributed by atoms with Crippen LogP contribution >= 0.6 is 27.5 Å². The SMILES string of the molecule is O=C(c1cc(Br)ccc1F)N1CCCCC1CCCl. The van der Waals surface area contributed by atoms with Crippen molar-refractivity contribution in [3.63, 3.8) is 0 Å². The zero-order valence-corrected chi connectivity index (χ0v) is 12.9. The second-order valence-electron chi connectivity index (χ2n) is 4.75. The van der Waals surface area contributed by atoms with Gasteiger partial charge in [0.05, 0.1) is 5.56 Å². The molecule has 0 aliphatic carbocycles. The summed E-state index contributed by atoms with van der Waals surface area (Å²) in [7, 11) is 0. The van der Waals surface area contributed by atoms with Gasteiger partial charge in [0, 0.05) is 22.9 Å². The fourth-order valence-electron chi connectivity index (χ4n) is 2.51. The third-order valence-electron chi connectivity index (χ3n) is 3.49. The van der Waals surface area contributed by atoms with Crippen molar-refractivity contribution in [3.05, 3.63) is 34.1 Å². The van der Waals surface area contributed by atoms with Gasteiger partial charge in [0.2, 0.25) is 0 Å². The van der Waals surface area contributed by atoms with Gasteiger partial charge in [-0.15, -0.1) is 11.6 Å². The summed E-state index contributed by atoms with van der Waals surface area (Å²) in [6.45, 7) is 0.687. The molecule has 5 heteroatoms. The van der Waals surface area contributed by atoms with Gasteiger partial charge in [-0.3, -0.25) is 4.79 Å². The summed E-state index contributed by atoms with van der Waals surface area (Å²) in [6.07, 6.45) is 3.80. The van der Waals surface area contributed by atoms with E-state index < -0.39 is 5.82 Å². The monoisotopic (exact) mass is 347 g/mol. The molecule has 0 N–H and O–H groups in total. The summed E-state index contributed by atoms with van der Waals surface area (Å²) < 4.78 is 14.5. The molecule has 1 aromatic carbocycles. The molecular formula is C14H16BrClFNO. The Morgan fingerprint density at radius 1 is 1.47 bits per heavy atom. The van der Waals surface area contributed by atoms with Gasteiger partial charge in [-0.2, -0.15) is 0 Å². The summed E-state index contributed by atoms with van der Waals surface area (Å²) >= 11 is 9.06. The molecule has 0 aromatic heterocycles. The van der Waals surface area contributed by atoms with Crippen LogP contribution in [0, 0.1) is 5.82 Å². The number of alkyl halides is 1. The summed E-state index contributed by atoms with van der Waals surface area (Å²) in [6, 6.07) is 4.59. The number of nitrogens with zero attached hydrogens (tertiary/aromatic N) is 1. The predicted octanol–water partition coefficient (Wildman–Crippen LogP) is 4.21. The number of amides is 1. The van der Waals surface area contributed by atoms with Crippen LogP contribution in [0.1, 0.15) is 36.0 Å². The lowest BCUT2D eigenvalue weighted by Crippen LogP contribution is -2.44. The normalized spacial score (nSPS) is 19.5. The minimum atomic E-state index is -0.469. The van der Waals surface area contributed by atoms with Gasteiger partial charge in [-0.25, -0.2) is 4.39 Å². The number of hydrogen-bond donors (Lipinski definition) is 0. The van der Waals surface area contributed by atoms with Crippen LogP contribution in [0.2, 0.25) is 0 Å². The minimum Gasteiger partial charge on any atom is -0.336 e. The van der Waals surface area contributed by atoms with E-state index in [-0.39, 0.29) is 17.5 Å². The number of rotatable bonds is 3. The van der Waals surface area contributed by atoms with Crippen LogP contribution < -0.4 is 0 Å². The van der Waals surface area contributed by atoms with Crippen molar-refractivity contribution in [2.24, 2.45) is 0 Å². The van der Waals surface area contributed by atoms with Gasteiger partial charge < -0.3 is 4.90 Å². The second kappa shape index (κ2) is 6.71. The maximum atomic E-state index is 13.8. The van der Waals surface area contributed by atoms with E-state index in [0.717, 1.165) is 25.7 Å². The first-order valence-electron chi connectivity index (χ1n) is 6.45. The maximum Gasteiger partial charge on any atom is 0.257 e. The van der Waals surface area contributed by atoms with Crippen molar-refractivity contribution in [3.8, 4) is 0 Å². The Hall–Kier alpha value is -0.610. The Bertz CT molecular complexity index is 467. The zero-order valence-electron chi connectivity index (χ0n) is 10.5. The third kappa shape index (κ3) is 3.48. The standard InChI is InChI=1S/C14H16BrClFNO/c15-10-4-5-13(17)12(9-10)14(19)18-8-2-1-3-11(18)6-7-16/h4-5,9,11H,1-3,6-8H2. The molecule has 1 heterocycles. The van der Waals surface area contributed by atoms with Crippen LogP contribution in [0.5, 0.6) is 0 Å². The van der Waals surface area contributed by atoms with Crippen LogP contribution in [-0.2, 0) is 0 Å². The van der Waals surface area contributed by atoms with E-state index >= 15 is 0 Å². The maximum absolute atomic E-state index is 13.8. The molecule has 104 valence electrons. The fourth-order valence-corrected chi connectivity index (χ4v) is 3.12. The lowest BCUT2D eigenvalue weighted by atomic mass is 9.98.